The molecule has 0 aliphatic carbocycles. The highest BCUT2D eigenvalue weighted by molar-refractivity contribution is 5.97. The van der Waals surface area contributed by atoms with E-state index in [9.17, 15) is 9.59 Å². The lowest BCUT2D eigenvalue weighted by Gasteiger charge is -2.19. The summed E-state index contributed by atoms with van der Waals surface area (Å²) in [5.41, 5.74) is 4.08. The van der Waals surface area contributed by atoms with Crippen molar-refractivity contribution in [1.29, 1.82) is 0 Å². The molecule has 3 amide bonds. The maximum Gasteiger partial charge on any atom is 0.315 e. The summed E-state index contributed by atoms with van der Waals surface area (Å²) < 4.78 is 1.77. The number of aryl methyl sites for hydroxylation is 2. The van der Waals surface area contributed by atoms with Crippen molar-refractivity contribution in [2.24, 2.45) is 0 Å². The lowest BCUT2D eigenvalue weighted by atomic mass is 10.1. The van der Waals surface area contributed by atoms with Gasteiger partial charge >= 0.3 is 6.03 Å². The van der Waals surface area contributed by atoms with Crippen molar-refractivity contribution in [3.63, 3.8) is 0 Å². The van der Waals surface area contributed by atoms with Crippen LogP contribution in [0.2, 0.25) is 0 Å². The van der Waals surface area contributed by atoms with Crippen molar-refractivity contribution in [3.8, 4) is 5.82 Å². The third kappa shape index (κ3) is 5.66. The molecule has 0 saturated heterocycles. The molecule has 3 N–H and O–H groups in total. The number of hydrogen-bond donors (Lipinski definition) is 3. The van der Waals surface area contributed by atoms with E-state index < -0.39 is 12.1 Å². The van der Waals surface area contributed by atoms with E-state index in [4.69, 9.17) is 0 Å². The van der Waals surface area contributed by atoms with Gasteiger partial charge in [-0.3, -0.25) is 4.79 Å². The minimum absolute atomic E-state index is 0.262. The first-order valence-electron chi connectivity index (χ1n) is 10.9. The maximum atomic E-state index is 13.0. The molecule has 2 aromatic heterocycles. The highest BCUT2D eigenvalue weighted by Gasteiger charge is 2.22. The summed E-state index contributed by atoms with van der Waals surface area (Å²) in [6, 6.07) is 22.7. The molecule has 0 radical (unpaired) electrons. The van der Waals surface area contributed by atoms with Crippen molar-refractivity contribution >= 4 is 17.6 Å². The molecule has 0 bridgehead atoms. The largest absolute Gasteiger partial charge is 0.334 e. The van der Waals surface area contributed by atoms with E-state index >= 15 is 0 Å². The molecule has 0 aliphatic heterocycles. The molecule has 0 spiro atoms. The fourth-order valence-electron chi connectivity index (χ4n) is 3.55. The monoisotopic (exact) mass is 454 g/mol. The van der Waals surface area contributed by atoms with Gasteiger partial charge in [-0.1, -0.05) is 54.6 Å². The lowest BCUT2D eigenvalue weighted by Crippen LogP contribution is -2.42. The van der Waals surface area contributed by atoms with Gasteiger partial charge in [-0.05, 0) is 49.2 Å². The quantitative estimate of drug-likeness (QED) is 0.392. The first kappa shape index (κ1) is 22.7. The van der Waals surface area contributed by atoms with Crippen LogP contribution in [0, 0.1) is 13.8 Å². The molecule has 0 saturated carbocycles. The molecule has 0 aliphatic rings. The fourth-order valence-corrected chi connectivity index (χ4v) is 3.55. The van der Waals surface area contributed by atoms with Crippen LogP contribution in [0.15, 0.2) is 85.1 Å². The second kappa shape index (κ2) is 10.4. The number of nitrogens with zero attached hydrogens (tertiary/aromatic N) is 3. The first-order chi connectivity index (χ1) is 16.5. The van der Waals surface area contributed by atoms with Crippen LogP contribution in [0.1, 0.15) is 28.6 Å². The summed E-state index contributed by atoms with van der Waals surface area (Å²) in [7, 11) is 0. The summed E-state index contributed by atoms with van der Waals surface area (Å²) in [5, 5.41) is 12.9. The molecular weight excluding hydrogens is 428 g/mol. The third-order valence-corrected chi connectivity index (χ3v) is 5.20. The number of amides is 3. The number of para-hydroxylation sites is 1. The van der Waals surface area contributed by atoms with E-state index in [1.165, 1.54) is 0 Å². The molecule has 8 heteroatoms. The second-order valence-electron chi connectivity index (χ2n) is 7.89. The number of carbonyl (C=O) groups is 2. The van der Waals surface area contributed by atoms with Gasteiger partial charge in [-0.2, -0.15) is 5.10 Å². The van der Waals surface area contributed by atoms with Gasteiger partial charge in [0.25, 0.3) is 5.91 Å². The normalized spacial score (nSPS) is 11.5. The minimum Gasteiger partial charge on any atom is -0.334 e. The van der Waals surface area contributed by atoms with Crippen LogP contribution in [0.3, 0.4) is 0 Å². The molecule has 4 rings (SSSR count). The van der Waals surface area contributed by atoms with E-state index in [0.29, 0.717) is 17.1 Å². The molecule has 34 heavy (non-hydrogen) atoms. The van der Waals surface area contributed by atoms with E-state index in [1.807, 2.05) is 68.4 Å². The predicted octanol–water partition coefficient (Wildman–Crippen LogP) is 4.06. The number of carbonyl (C=O) groups excluding carboxylic acids is 2. The van der Waals surface area contributed by atoms with Gasteiger partial charge in [-0.15, -0.1) is 0 Å². The van der Waals surface area contributed by atoms with Gasteiger partial charge in [0.2, 0.25) is 0 Å². The Balaban J connectivity index is 1.39. The van der Waals surface area contributed by atoms with E-state index in [-0.39, 0.29) is 12.5 Å². The number of rotatable bonds is 7. The highest BCUT2D eigenvalue weighted by atomic mass is 16.2. The molecule has 1 unspecified atom stereocenters. The Hall–Kier alpha value is -4.46. The number of anilines is 1. The summed E-state index contributed by atoms with van der Waals surface area (Å²) in [5.74, 6) is 0.379. The number of benzene rings is 2. The Morgan fingerprint density at radius 3 is 2.26 bits per heavy atom. The molecule has 0 fully saturated rings. The van der Waals surface area contributed by atoms with Gasteiger partial charge in [-0.25, -0.2) is 14.5 Å². The fraction of sp³-hybridized carbons (Fsp3) is 0.154. The predicted molar refractivity (Wildman–Crippen MR) is 130 cm³/mol. The standard InChI is InChI=1S/C26H26N6O2/c1-18-15-19(2)32(31-18)23-14-13-20(16-27-23)17-28-26(34)30-24(21-9-5-3-6-10-21)25(33)29-22-11-7-4-8-12-22/h3-16,24H,17H2,1-2H3,(H,29,33)(H2,28,30,34). The minimum atomic E-state index is -0.854. The number of aromatic nitrogens is 3. The molecule has 172 valence electrons. The van der Waals surface area contributed by atoms with Crippen molar-refractivity contribution in [2.75, 3.05) is 5.32 Å². The van der Waals surface area contributed by atoms with Gasteiger partial charge < -0.3 is 16.0 Å². The van der Waals surface area contributed by atoms with Crippen molar-refractivity contribution in [3.05, 3.63) is 108 Å². The molecular formula is C26H26N6O2. The van der Waals surface area contributed by atoms with Gasteiger partial charge in [0.15, 0.2) is 5.82 Å². The van der Waals surface area contributed by atoms with Gasteiger partial charge in [0, 0.05) is 24.1 Å². The number of pyridine rings is 1. The van der Waals surface area contributed by atoms with Crippen molar-refractivity contribution in [2.45, 2.75) is 26.4 Å². The average molecular weight is 455 g/mol. The second-order valence-corrected chi connectivity index (χ2v) is 7.89. The zero-order valence-electron chi connectivity index (χ0n) is 19.0. The van der Waals surface area contributed by atoms with Crippen molar-refractivity contribution in [1.82, 2.24) is 25.4 Å². The average Bonchev–Trinajstić information content (AvgIpc) is 3.20. The zero-order chi connectivity index (χ0) is 23.9. The van der Waals surface area contributed by atoms with Crippen LogP contribution in [0.5, 0.6) is 0 Å². The molecule has 2 aromatic carbocycles. The molecule has 8 nitrogen and oxygen atoms in total. The molecule has 4 aromatic rings. The Labute approximate surface area is 198 Å². The number of hydrogen-bond acceptors (Lipinski definition) is 4. The summed E-state index contributed by atoms with van der Waals surface area (Å²) in [4.78, 5) is 30.1. The SMILES string of the molecule is Cc1cc(C)n(-c2ccc(CNC(=O)NC(C(=O)Nc3ccccc3)c3ccccc3)cn2)n1. The number of nitrogens with one attached hydrogen (secondary N) is 3. The Morgan fingerprint density at radius 2 is 1.65 bits per heavy atom. The van der Waals surface area contributed by atoms with Crippen LogP contribution in [0.25, 0.3) is 5.82 Å². The van der Waals surface area contributed by atoms with E-state index in [2.05, 4.69) is 26.0 Å². The Kier molecular flexibility index (Phi) is 6.98. The van der Waals surface area contributed by atoms with Gasteiger partial charge in [0.05, 0.1) is 5.69 Å². The summed E-state index contributed by atoms with van der Waals surface area (Å²) in [6.07, 6.45) is 1.70. The zero-order valence-corrected chi connectivity index (χ0v) is 19.0. The smallest absolute Gasteiger partial charge is 0.315 e. The van der Waals surface area contributed by atoms with Crippen molar-refractivity contribution < 1.29 is 9.59 Å². The number of urea groups is 1. The maximum absolute atomic E-state index is 13.0. The topological polar surface area (TPSA) is 101 Å². The molecule has 1 atom stereocenters. The summed E-state index contributed by atoms with van der Waals surface area (Å²) in [6.45, 7) is 4.17. The lowest BCUT2D eigenvalue weighted by molar-refractivity contribution is -0.118. The Bertz CT molecular complexity index is 1250. The van der Waals surface area contributed by atoms with Crippen LogP contribution >= 0.6 is 0 Å². The van der Waals surface area contributed by atoms with Crippen LogP contribution in [-0.2, 0) is 11.3 Å². The van der Waals surface area contributed by atoms with E-state index in [1.54, 1.807) is 35.1 Å². The van der Waals surface area contributed by atoms with Crippen LogP contribution < -0.4 is 16.0 Å². The molecule has 2 heterocycles. The highest BCUT2D eigenvalue weighted by Crippen LogP contribution is 2.16. The Morgan fingerprint density at radius 1 is 0.941 bits per heavy atom. The summed E-state index contributed by atoms with van der Waals surface area (Å²) >= 11 is 0. The third-order valence-electron chi connectivity index (χ3n) is 5.20. The van der Waals surface area contributed by atoms with Crippen LogP contribution in [0.4, 0.5) is 10.5 Å². The van der Waals surface area contributed by atoms with Gasteiger partial charge in [0.1, 0.15) is 6.04 Å². The van der Waals surface area contributed by atoms with E-state index in [0.717, 1.165) is 17.0 Å². The first-order valence-corrected chi connectivity index (χ1v) is 10.9. The van der Waals surface area contributed by atoms with Crippen LogP contribution in [-0.4, -0.2) is 26.7 Å².